The Labute approximate surface area is 167 Å². The van der Waals surface area contributed by atoms with E-state index in [4.69, 9.17) is 4.74 Å². The number of benzene rings is 2. The molecule has 0 saturated carbocycles. The van der Waals surface area contributed by atoms with E-state index in [0.717, 1.165) is 5.56 Å². The molecule has 0 spiro atoms. The third-order valence-corrected chi connectivity index (χ3v) is 5.32. The zero-order chi connectivity index (χ0) is 20.9. The molecule has 7 nitrogen and oxygen atoms in total. The molecule has 9 heteroatoms. The number of ether oxygens (including phenoxy) is 1. The minimum atomic E-state index is -3.88. The number of nitrogens with one attached hydrogen (secondary N) is 2. The zero-order valence-electron chi connectivity index (χ0n) is 15.4. The Morgan fingerprint density at radius 2 is 1.90 bits per heavy atom. The lowest BCUT2D eigenvalue weighted by molar-refractivity contribution is 0.200. The van der Waals surface area contributed by atoms with E-state index in [1.807, 2.05) is 6.07 Å². The molecule has 0 unspecified atom stereocenters. The van der Waals surface area contributed by atoms with Gasteiger partial charge in [-0.2, -0.15) is 0 Å². The molecular formula is C20H18FN3O4S. The van der Waals surface area contributed by atoms with Crippen molar-refractivity contribution >= 4 is 21.8 Å². The van der Waals surface area contributed by atoms with Gasteiger partial charge in [-0.15, -0.1) is 0 Å². The van der Waals surface area contributed by atoms with Crippen molar-refractivity contribution in [2.45, 2.75) is 18.4 Å². The maximum Gasteiger partial charge on any atom is 0.412 e. The van der Waals surface area contributed by atoms with Gasteiger partial charge < -0.3 is 10.1 Å². The quantitative estimate of drug-likeness (QED) is 0.641. The molecule has 0 saturated heterocycles. The van der Waals surface area contributed by atoms with E-state index in [-0.39, 0.29) is 22.9 Å². The van der Waals surface area contributed by atoms with Crippen LogP contribution in [0.5, 0.6) is 5.75 Å². The van der Waals surface area contributed by atoms with Crippen LogP contribution >= 0.6 is 0 Å². The summed E-state index contributed by atoms with van der Waals surface area (Å²) in [6.45, 7) is 1.85. The largest absolute Gasteiger partial charge is 0.412 e. The van der Waals surface area contributed by atoms with Gasteiger partial charge in [-0.05, 0) is 66.6 Å². The van der Waals surface area contributed by atoms with Gasteiger partial charge in [0.05, 0.1) is 10.6 Å². The number of aryl methyl sites for hydroxylation is 1. The number of aromatic nitrogens is 1. The number of anilines is 1. The normalized spacial score (nSPS) is 11.0. The molecule has 0 aliphatic heterocycles. The number of carbonyl (C=O) groups excluding carboxylic acids is 1. The fourth-order valence-electron chi connectivity index (χ4n) is 2.45. The minimum absolute atomic E-state index is 0.0238. The summed E-state index contributed by atoms with van der Waals surface area (Å²) in [5.74, 6) is -0.264. The Kier molecular flexibility index (Phi) is 6.08. The fraction of sp³-hybridized carbons (Fsp3) is 0.100. The van der Waals surface area contributed by atoms with Crippen LogP contribution in [0.3, 0.4) is 0 Å². The highest BCUT2D eigenvalue weighted by atomic mass is 32.2. The Balaban J connectivity index is 1.62. The third kappa shape index (κ3) is 5.52. The summed E-state index contributed by atoms with van der Waals surface area (Å²) >= 11 is 0. The first kappa shape index (κ1) is 20.3. The highest BCUT2D eigenvalue weighted by Crippen LogP contribution is 2.22. The number of pyridine rings is 1. The van der Waals surface area contributed by atoms with Gasteiger partial charge in [-0.3, -0.25) is 9.71 Å². The van der Waals surface area contributed by atoms with Crippen LogP contribution in [0.15, 0.2) is 71.9 Å². The van der Waals surface area contributed by atoms with E-state index >= 15 is 0 Å². The molecule has 150 valence electrons. The number of sulfonamides is 1. The van der Waals surface area contributed by atoms with E-state index in [1.54, 1.807) is 25.4 Å². The van der Waals surface area contributed by atoms with Crippen molar-refractivity contribution in [2.75, 3.05) is 4.72 Å². The van der Waals surface area contributed by atoms with Gasteiger partial charge in [0.15, 0.2) is 0 Å². The lowest BCUT2D eigenvalue weighted by Crippen LogP contribution is -2.26. The van der Waals surface area contributed by atoms with Crippen LogP contribution in [0, 0.1) is 12.7 Å². The third-order valence-electron chi connectivity index (χ3n) is 3.94. The summed E-state index contributed by atoms with van der Waals surface area (Å²) in [6, 6.07) is 12.7. The summed E-state index contributed by atoms with van der Waals surface area (Å²) in [5.41, 5.74) is 1.55. The Hall–Kier alpha value is -3.46. The molecule has 0 fully saturated rings. The number of carbonyl (C=O) groups is 1. The van der Waals surface area contributed by atoms with Gasteiger partial charge in [-0.25, -0.2) is 17.6 Å². The number of hydrogen-bond acceptors (Lipinski definition) is 5. The Bertz CT molecular complexity index is 1100. The molecule has 3 rings (SSSR count). The minimum Gasteiger partial charge on any atom is -0.410 e. The van der Waals surface area contributed by atoms with Gasteiger partial charge in [0, 0.05) is 18.9 Å². The fourth-order valence-corrected chi connectivity index (χ4v) is 3.58. The van der Waals surface area contributed by atoms with Crippen LogP contribution in [0.1, 0.15) is 11.1 Å². The molecular weight excluding hydrogens is 397 g/mol. The maximum absolute atomic E-state index is 13.2. The van der Waals surface area contributed by atoms with Gasteiger partial charge in [0.25, 0.3) is 10.0 Å². The number of halogens is 1. The first-order valence-electron chi connectivity index (χ1n) is 8.57. The first-order valence-corrected chi connectivity index (χ1v) is 10.1. The molecule has 2 aromatic carbocycles. The Morgan fingerprint density at radius 3 is 2.55 bits per heavy atom. The number of hydrogen-bond donors (Lipinski definition) is 2. The van der Waals surface area contributed by atoms with Crippen molar-refractivity contribution in [3.63, 3.8) is 0 Å². The van der Waals surface area contributed by atoms with Crippen LogP contribution in [0.2, 0.25) is 0 Å². The van der Waals surface area contributed by atoms with E-state index in [1.165, 1.54) is 42.5 Å². The van der Waals surface area contributed by atoms with E-state index in [9.17, 15) is 17.6 Å². The molecule has 1 aromatic heterocycles. The van der Waals surface area contributed by atoms with Crippen molar-refractivity contribution in [1.82, 2.24) is 10.3 Å². The summed E-state index contributed by atoms with van der Waals surface area (Å²) in [7, 11) is -3.88. The van der Waals surface area contributed by atoms with Crippen LogP contribution in [0.25, 0.3) is 0 Å². The lowest BCUT2D eigenvalue weighted by Gasteiger charge is -2.11. The molecule has 0 aliphatic carbocycles. The van der Waals surface area contributed by atoms with Crippen LogP contribution in [-0.2, 0) is 16.6 Å². The van der Waals surface area contributed by atoms with E-state index in [0.29, 0.717) is 5.56 Å². The average Bonchev–Trinajstić information content (AvgIpc) is 2.70. The topological polar surface area (TPSA) is 97.4 Å². The summed E-state index contributed by atoms with van der Waals surface area (Å²) < 4.78 is 45.7. The van der Waals surface area contributed by atoms with Crippen molar-refractivity contribution < 1.29 is 22.3 Å². The molecule has 3 aromatic rings. The highest BCUT2D eigenvalue weighted by molar-refractivity contribution is 7.92. The highest BCUT2D eigenvalue weighted by Gasteiger charge is 2.16. The second-order valence-electron chi connectivity index (χ2n) is 6.14. The first-order chi connectivity index (χ1) is 13.8. The summed E-state index contributed by atoms with van der Waals surface area (Å²) in [5, 5.41) is 2.57. The van der Waals surface area contributed by atoms with Crippen LogP contribution < -0.4 is 14.8 Å². The maximum atomic E-state index is 13.2. The van der Waals surface area contributed by atoms with Crippen LogP contribution in [-0.4, -0.2) is 19.5 Å². The zero-order valence-corrected chi connectivity index (χ0v) is 16.2. The predicted octanol–water partition coefficient (Wildman–Crippen LogP) is 3.62. The SMILES string of the molecule is Cc1cc(F)ccc1NS(=O)(=O)c1ccc(OC(=O)NCc2cccnc2)cc1. The van der Waals surface area contributed by atoms with Crippen molar-refractivity contribution in [3.8, 4) is 5.75 Å². The standard InChI is InChI=1S/C20H18FN3O4S/c1-14-11-16(21)4-9-19(14)24-29(26,27)18-7-5-17(6-8-18)28-20(25)23-13-15-3-2-10-22-12-15/h2-12,24H,13H2,1H3,(H,23,25). The Morgan fingerprint density at radius 1 is 1.14 bits per heavy atom. The molecule has 0 atom stereocenters. The van der Waals surface area contributed by atoms with Gasteiger partial charge in [-0.1, -0.05) is 6.07 Å². The van der Waals surface area contributed by atoms with E-state index in [2.05, 4.69) is 15.0 Å². The number of amides is 1. The summed E-state index contributed by atoms with van der Waals surface area (Å²) in [6.07, 6.45) is 2.57. The molecule has 0 bridgehead atoms. The van der Waals surface area contributed by atoms with Crippen LogP contribution in [0.4, 0.5) is 14.9 Å². The van der Waals surface area contributed by atoms with Gasteiger partial charge in [0.2, 0.25) is 0 Å². The van der Waals surface area contributed by atoms with Crippen molar-refractivity contribution in [3.05, 3.63) is 83.9 Å². The number of nitrogens with zero attached hydrogens (tertiary/aromatic N) is 1. The smallest absolute Gasteiger partial charge is 0.410 e. The molecule has 2 N–H and O–H groups in total. The predicted molar refractivity (Wildman–Crippen MR) is 105 cm³/mol. The lowest BCUT2D eigenvalue weighted by atomic mass is 10.2. The molecule has 0 aliphatic rings. The molecule has 1 heterocycles. The van der Waals surface area contributed by atoms with Gasteiger partial charge >= 0.3 is 6.09 Å². The average molecular weight is 415 g/mol. The second kappa shape index (κ2) is 8.70. The van der Waals surface area contributed by atoms with Gasteiger partial charge in [0.1, 0.15) is 11.6 Å². The van der Waals surface area contributed by atoms with Crippen molar-refractivity contribution in [1.29, 1.82) is 0 Å². The number of rotatable bonds is 6. The molecule has 0 radical (unpaired) electrons. The monoisotopic (exact) mass is 415 g/mol. The molecule has 29 heavy (non-hydrogen) atoms. The second-order valence-corrected chi connectivity index (χ2v) is 7.82. The molecule has 1 amide bonds. The summed E-state index contributed by atoms with van der Waals surface area (Å²) in [4.78, 5) is 15.8. The van der Waals surface area contributed by atoms with Crippen molar-refractivity contribution in [2.24, 2.45) is 0 Å². The van der Waals surface area contributed by atoms with E-state index < -0.39 is 21.9 Å².